The van der Waals surface area contributed by atoms with Gasteiger partial charge in [-0.1, -0.05) is 29.8 Å². The molecule has 1 aliphatic rings. The molecule has 1 N–H and O–H groups in total. The first-order valence-corrected chi connectivity index (χ1v) is 10.3. The molecule has 0 saturated carbocycles. The molecule has 1 amide bonds. The summed E-state index contributed by atoms with van der Waals surface area (Å²) in [4.78, 5) is 16.1. The molecule has 2 aromatic rings. The van der Waals surface area contributed by atoms with Crippen molar-refractivity contribution >= 4 is 17.7 Å². The van der Waals surface area contributed by atoms with Gasteiger partial charge in [-0.2, -0.15) is 0 Å². The van der Waals surface area contributed by atoms with Gasteiger partial charge in [-0.25, -0.2) is 0 Å². The number of hydrogen-bond acceptors (Lipinski definition) is 3. The van der Waals surface area contributed by atoms with E-state index in [9.17, 15) is 4.79 Å². The highest BCUT2D eigenvalue weighted by atomic mass is 32.2. The van der Waals surface area contributed by atoms with E-state index in [0.29, 0.717) is 6.04 Å². The van der Waals surface area contributed by atoms with Gasteiger partial charge in [0.25, 0.3) is 5.91 Å². The predicted octanol–water partition coefficient (Wildman–Crippen LogP) is 4.42. The Morgan fingerprint density at radius 3 is 2.69 bits per heavy atom. The summed E-state index contributed by atoms with van der Waals surface area (Å²) in [5, 5.41) is 3.36. The normalized spacial score (nSPS) is 15.0. The van der Waals surface area contributed by atoms with Gasteiger partial charge in [0, 0.05) is 29.3 Å². The second-order valence-corrected chi connectivity index (χ2v) is 8.17. The molecule has 0 aliphatic carbocycles. The van der Waals surface area contributed by atoms with Crippen molar-refractivity contribution in [1.82, 2.24) is 10.2 Å². The number of carbonyl (C=O) groups excluding carboxylic acids is 1. The van der Waals surface area contributed by atoms with Crippen molar-refractivity contribution in [2.75, 3.05) is 20.1 Å². The minimum absolute atomic E-state index is 0.135. The molecule has 2 aromatic carbocycles. The van der Waals surface area contributed by atoms with Crippen LogP contribution in [0.1, 0.15) is 39.9 Å². The van der Waals surface area contributed by atoms with Crippen LogP contribution in [-0.2, 0) is 5.75 Å². The number of thioether (sulfide) groups is 1. The maximum Gasteiger partial charge on any atom is 0.253 e. The van der Waals surface area contributed by atoms with E-state index in [1.807, 2.05) is 35.8 Å². The van der Waals surface area contributed by atoms with Crippen molar-refractivity contribution in [3.8, 4) is 0 Å². The lowest BCUT2D eigenvalue weighted by atomic mass is 10.0. The molecule has 138 valence electrons. The first-order valence-electron chi connectivity index (χ1n) is 9.31. The van der Waals surface area contributed by atoms with E-state index < -0.39 is 0 Å². The van der Waals surface area contributed by atoms with Gasteiger partial charge in [-0.3, -0.25) is 4.79 Å². The van der Waals surface area contributed by atoms with Crippen LogP contribution in [0.5, 0.6) is 0 Å². The number of nitrogens with zero attached hydrogens (tertiary/aromatic N) is 1. The standard InChI is InChI=1S/C22H28N2OS/c1-16-7-8-17(2)21(13-16)26-15-18-5-4-6-19(14-18)22(25)24(3)20-9-11-23-12-10-20/h4-8,13-14,20,23H,9-12,15H2,1-3H3. The smallest absolute Gasteiger partial charge is 0.253 e. The van der Waals surface area contributed by atoms with Crippen LogP contribution in [0, 0.1) is 13.8 Å². The maximum atomic E-state index is 12.9. The summed E-state index contributed by atoms with van der Waals surface area (Å²) in [6.45, 7) is 6.26. The van der Waals surface area contributed by atoms with Crippen LogP contribution in [0.15, 0.2) is 47.4 Å². The third kappa shape index (κ3) is 4.68. The SMILES string of the molecule is Cc1ccc(C)c(SCc2cccc(C(=O)N(C)C3CCNCC3)c2)c1. The summed E-state index contributed by atoms with van der Waals surface area (Å²) < 4.78 is 0. The van der Waals surface area contributed by atoms with E-state index in [4.69, 9.17) is 0 Å². The van der Waals surface area contributed by atoms with E-state index >= 15 is 0 Å². The quantitative estimate of drug-likeness (QED) is 0.793. The molecule has 0 spiro atoms. The molecular formula is C22H28N2OS. The monoisotopic (exact) mass is 368 g/mol. The van der Waals surface area contributed by atoms with E-state index in [1.165, 1.54) is 21.6 Å². The Labute approximate surface area is 161 Å². The lowest BCUT2D eigenvalue weighted by Gasteiger charge is -2.31. The fourth-order valence-corrected chi connectivity index (χ4v) is 4.45. The summed E-state index contributed by atoms with van der Waals surface area (Å²) in [5.41, 5.74) is 4.58. The third-order valence-electron chi connectivity index (χ3n) is 5.09. The number of amides is 1. The zero-order valence-corrected chi connectivity index (χ0v) is 16.7. The van der Waals surface area contributed by atoms with Gasteiger partial charge in [-0.15, -0.1) is 11.8 Å². The van der Waals surface area contributed by atoms with Crippen molar-refractivity contribution in [3.05, 3.63) is 64.7 Å². The van der Waals surface area contributed by atoms with Crippen molar-refractivity contribution < 1.29 is 4.79 Å². The zero-order valence-electron chi connectivity index (χ0n) is 15.9. The molecule has 1 aliphatic heterocycles. The number of rotatable bonds is 5. The van der Waals surface area contributed by atoms with E-state index in [-0.39, 0.29) is 5.91 Å². The molecule has 3 nitrogen and oxygen atoms in total. The fraction of sp³-hybridized carbons (Fsp3) is 0.409. The second-order valence-electron chi connectivity index (χ2n) is 7.16. The first kappa shape index (κ1) is 19.0. The minimum Gasteiger partial charge on any atom is -0.339 e. The van der Waals surface area contributed by atoms with Crippen LogP contribution >= 0.6 is 11.8 Å². The summed E-state index contributed by atoms with van der Waals surface area (Å²) in [7, 11) is 1.94. The maximum absolute atomic E-state index is 12.9. The van der Waals surface area contributed by atoms with Crippen LogP contribution in [-0.4, -0.2) is 37.0 Å². The molecule has 4 heteroatoms. The van der Waals surface area contributed by atoms with Gasteiger partial charge in [0.15, 0.2) is 0 Å². The second kappa shape index (κ2) is 8.74. The average Bonchev–Trinajstić information content (AvgIpc) is 2.68. The molecule has 1 heterocycles. The summed E-state index contributed by atoms with van der Waals surface area (Å²) >= 11 is 1.84. The van der Waals surface area contributed by atoms with E-state index in [1.54, 1.807) is 0 Å². The molecule has 0 unspecified atom stereocenters. The number of benzene rings is 2. The number of hydrogen-bond donors (Lipinski definition) is 1. The number of nitrogens with one attached hydrogen (secondary N) is 1. The highest BCUT2D eigenvalue weighted by molar-refractivity contribution is 7.98. The Kier molecular flexibility index (Phi) is 6.38. The highest BCUT2D eigenvalue weighted by Crippen LogP contribution is 2.27. The lowest BCUT2D eigenvalue weighted by molar-refractivity contribution is 0.0703. The minimum atomic E-state index is 0.135. The molecule has 0 radical (unpaired) electrons. The van der Waals surface area contributed by atoms with Crippen LogP contribution in [0.2, 0.25) is 0 Å². The van der Waals surface area contributed by atoms with Crippen LogP contribution in [0.3, 0.4) is 0 Å². The van der Waals surface area contributed by atoms with E-state index in [0.717, 1.165) is 37.2 Å². The van der Waals surface area contributed by atoms with Gasteiger partial charge in [0.2, 0.25) is 0 Å². The van der Waals surface area contributed by atoms with Crippen LogP contribution in [0.4, 0.5) is 0 Å². The molecule has 26 heavy (non-hydrogen) atoms. The van der Waals surface area contributed by atoms with Gasteiger partial charge in [-0.05, 0) is 69.1 Å². The molecular weight excluding hydrogens is 340 g/mol. The zero-order chi connectivity index (χ0) is 18.5. The van der Waals surface area contributed by atoms with Crippen molar-refractivity contribution in [2.24, 2.45) is 0 Å². The number of piperidine rings is 1. The molecule has 0 aromatic heterocycles. The molecule has 1 saturated heterocycles. The average molecular weight is 369 g/mol. The fourth-order valence-electron chi connectivity index (χ4n) is 3.38. The van der Waals surface area contributed by atoms with E-state index in [2.05, 4.69) is 49.5 Å². The largest absolute Gasteiger partial charge is 0.339 e. The van der Waals surface area contributed by atoms with Gasteiger partial charge in [0.1, 0.15) is 0 Å². The van der Waals surface area contributed by atoms with Gasteiger partial charge < -0.3 is 10.2 Å². The van der Waals surface area contributed by atoms with Crippen LogP contribution in [0.25, 0.3) is 0 Å². The summed E-state index contributed by atoms with van der Waals surface area (Å²) in [6.07, 6.45) is 2.06. The first-order chi connectivity index (χ1) is 12.5. The molecule has 1 fully saturated rings. The Morgan fingerprint density at radius 1 is 1.15 bits per heavy atom. The van der Waals surface area contributed by atoms with Gasteiger partial charge in [0.05, 0.1) is 0 Å². The Morgan fingerprint density at radius 2 is 1.92 bits per heavy atom. The predicted molar refractivity (Wildman–Crippen MR) is 110 cm³/mol. The summed E-state index contributed by atoms with van der Waals surface area (Å²) in [6, 6.07) is 15.0. The van der Waals surface area contributed by atoms with Crippen molar-refractivity contribution in [2.45, 2.75) is 43.4 Å². The van der Waals surface area contributed by atoms with Crippen molar-refractivity contribution in [3.63, 3.8) is 0 Å². The Hall–Kier alpha value is -1.78. The molecule has 0 atom stereocenters. The van der Waals surface area contributed by atoms with Gasteiger partial charge >= 0.3 is 0 Å². The van der Waals surface area contributed by atoms with Crippen LogP contribution < -0.4 is 5.32 Å². The number of carbonyl (C=O) groups is 1. The lowest BCUT2D eigenvalue weighted by Crippen LogP contribution is -2.43. The Balaban J connectivity index is 1.67. The summed E-state index contributed by atoms with van der Waals surface area (Å²) in [5.74, 6) is 1.01. The topological polar surface area (TPSA) is 32.3 Å². The third-order valence-corrected chi connectivity index (χ3v) is 6.32. The molecule has 3 rings (SSSR count). The van der Waals surface area contributed by atoms with Crippen molar-refractivity contribution in [1.29, 1.82) is 0 Å². The Bertz CT molecular complexity index is 768. The highest BCUT2D eigenvalue weighted by Gasteiger charge is 2.22. The number of aryl methyl sites for hydroxylation is 2. The molecule has 0 bridgehead atoms.